The molecule has 0 saturated carbocycles. The molecule has 0 aliphatic heterocycles. The smallest absolute Gasteiger partial charge is 0.323 e. The maximum atomic E-state index is 11.1. The first-order chi connectivity index (χ1) is 5.43. The average Bonchev–Trinajstić information content (AvgIpc) is 1.98. The Morgan fingerprint density at radius 2 is 1.67 bits per heavy atom. The van der Waals surface area contributed by atoms with Crippen LogP contribution in [0.25, 0.3) is 0 Å². The van der Waals surface area contributed by atoms with Gasteiger partial charge in [0.05, 0.1) is 0 Å². The van der Waals surface area contributed by atoms with Crippen LogP contribution in [0.5, 0.6) is 0 Å². The molecule has 4 nitrogen and oxygen atoms in total. The number of rotatable bonds is 5. The third kappa shape index (κ3) is 2.30. The molecule has 0 bridgehead atoms. The van der Waals surface area contributed by atoms with Crippen LogP contribution < -0.4 is 5.32 Å². The van der Waals surface area contributed by atoms with Crippen molar-refractivity contribution in [2.24, 2.45) is 0 Å². The molecule has 0 fully saturated rings. The second kappa shape index (κ2) is 4.38. The summed E-state index contributed by atoms with van der Waals surface area (Å²) in [5.74, 6) is 0. The average molecular weight is 195 g/mol. The topological polar surface area (TPSA) is 69.6 Å². The largest absolute Gasteiger partial charge is 0.345 e. The van der Waals surface area contributed by atoms with Crippen LogP contribution in [0.1, 0.15) is 33.6 Å². The van der Waals surface area contributed by atoms with Crippen LogP contribution in [-0.2, 0) is 4.57 Å². The fourth-order valence-corrected chi connectivity index (χ4v) is 2.53. The Morgan fingerprint density at radius 1 is 1.25 bits per heavy atom. The molecule has 0 aliphatic carbocycles. The Hall–Kier alpha value is 0.110. The highest BCUT2D eigenvalue weighted by molar-refractivity contribution is 7.53. The van der Waals surface area contributed by atoms with E-state index in [9.17, 15) is 4.57 Å². The fourth-order valence-electron chi connectivity index (χ4n) is 1.34. The molecular weight excluding hydrogens is 177 g/mol. The van der Waals surface area contributed by atoms with E-state index in [0.717, 1.165) is 0 Å². The van der Waals surface area contributed by atoms with Crippen molar-refractivity contribution in [1.29, 1.82) is 0 Å². The van der Waals surface area contributed by atoms with Gasteiger partial charge in [0, 0.05) is 0 Å². The van der Waals surface area contributed by atoms with Gasteiger partial charge in [-0.3, -0.25) is 4.57 Å². The molecule has 0 amide bonds. The van der Waals surface area contributed by atoms with Gasteiger partial charge in [-0.1, -0.05) is 20.8 Å². The summed E-state index contributed by atoms with van der Waals surface area (Å²) in [7, 11) is -4.03. The fraction of sp³-hybridized carbons (Fsp3) is 1.00. The summed E-state index contributed by atoms with van der Waals surface area (Å²) in [5.41, 5.74) is 0. The molecule has 0 atom stereocenters. The van der Waals surface area contributed by atoms with E-state index in [1.165, 1.54) is 0 Å². The van der Waals surface area contributed by atoms with Crippen LogP contribution in [0.2, 0.25) is 0 Å². The maximum absolute atomic E-state index is 11.1. The lowest BCUT2D eigenvalue weighted by Gasteiger charge is -2.32. The van der Waals surface area contributed by atoms with Gasteiger partial charge in [-0.05, 0) is 19.4 Å². The first-order valence-electron chi connectivity index (χ1n) is 4.24. The van der Waals surface area contributed by atoms with Crippen molar-refractivity contribution in [3.63, 3.8) is 0 Å². The van der Waals surface area contributed by atoms with Gasteiger partial charge < -0.3 is 15.1 Å². The Morgan fingerprint density at radius 3 is 1.75 bits per heavy atom. The molecule has 0 unspecified atom stereocenters. The van der Waals surface area contributed by atoms with Crippen molar-refractivity contribution >= 4 is 7.60 Å². The molecule has 0 aromatic carbocycles. The highest BCUT2D eigenvalue weighted by Gasteiger charge is 2.42. The minimum Gasteiger partial charge on any atom is -0.323 e. The Balaban J connectivity index is 4.70. The summed E-state index contributed by atoms with van der Waals surface area (Å²) in [4.78, 5) is 18.2. The first kappa shape index (κ1) is 12.1. The van der Waals surface area contributed by atoms with Crippen LogP contribution in [0.3, 0.4) is 0 Å². The summed E-state index contributed by atoms with van der Waals surface area (Å²) in [6, 6.07) is 0. The molecule has 0 radical (unpaired) electrons. The Kier molecular flexibility index (Phi) is 4.42. The van der Waals surface area contributed by atoms with Gasteiger partial charge in [-0.25, -0.2) is 0 Å². The summed E-state index contributed by atoms with van der Waals surface area (Å²) >= 11 is 0. The SMILES string of the molecule is CCNC(CC)(CC)P(=O)(O)O. The minimum atomic E-state index is -4.03. The standard InChI is InChI=1S/C7H18NO3P/c1-4-7(5-2,8-6-3)12(9,10)11/h8H,4-6H2,1-3H3,(H2,9,10,11). The second-order valence-electron chi connectivity index (χ2n) is 2.81. The molecule has 0 saturated heterocycles. The molecule has 12 heavy (non-hydrogen) atoms. The molecule has 0 aromatic rings. The van der Waals surface area contributed by atoms with Gasteiger partial charge in [0.25, 0.3) is 0 Å². The van der Waals surface area contributed by atoms with Gasteiger partial charge in [0.15, 0.2) is 0 Å². The minimum absolute atomic E-state index is 0.446. The molecule has 0 aromatic heterocycles. The van der Waals surface area contributed by atoms with Gasteiger partial charge in [-0.15, -0.1) is 0 Å². The monoisotopic (exact) mass is 195 g/mol. The Labute approximate surface area is 73.5 Å². The molecule has 0 spiro atoms. The molecule has 74 valence electrons. The third-order valence-corrected chi connectivity index (χ3v) is 4.14. The quantitative estimate of drug-likeness (QED) is 0.578. The van der Waals surface area contributed by atoms with Crippen LogP contribution in [0, 0.1) is 0 Å². The zero-order chi connectivity index (χ0) is 9.83. The van der Waals surface area contributed by atoms with Crippen molar-refractivity contribution in [3.8, 4) is 0 Å². The van der Waals surface area contributed by atoms with Gasteiger partial charge in [0.1, 0.15) is 5.28 Å². The number of nitrogens with one attached hydrogen (secondary N) is 1. The van der Waals surface area contributed by atoms with Crippen molar-refractivity contribution in [2.45, 2.75) is 38.9 Å². The lowest BCUT2D eigenvalue weighted by Crippen LogP contribution is -2.43. The van der Waals surface area contributed by atoms with Crippen molar-refractivity contribution < 1.29 is 14.4 Å². The van der Waals surface area contributed by atoms with Crippen molar-refractivity contribution in [1.82, 2.24) is 5.32 Å². The predicted molar refractivity (Wildman–Crippen MR) is 49.0 cm³/mol. The Bertz CT molecular complexity index is 173. The summed E-state index contributed by atoms with van der Waals surface area (Å²) in [5, 5.41) is 1.86. The van der Waals surface area contributed by atoms with Crippen LogP contribution in [0.4, 0.5) is 0 Å². The van der Waals surface area contributed by atoms with Crippen molar-refractivity contribution in [2.75, 3.05) is 6.54 Å². The van der Waals surface area contributed by atoms with Crippen LogP contribution >= 0.6 is 7.60 Å². The van der Waals surface area contributed by atoms with Crippen molar-refractivity contribution in [3.05, 3.63) is 0 Å². The zero-order valence-corrected chi connectivity index (χ0v) is 8.77. The predicted octanol–water partition coefficient (Wildman–Crippen LogP) is 1.29. The lowest BCUT2D eigenvalue weighted by molar-refractivity contribution is 0.287. The lowest BCUT2D eigenvalue weighted by atomic mass is 10.1. The zero-order valence-electron chi connectivity index (χ0n) is 7.87. The highest BCUT2D eigenvalue weighted by Crippen LogP contribution is 2.52. The maximum Gasteiger partial charge on any atom is 0.345 e. The van der Waals surface area contributed by atoms with Gasteiger partial charge >= 0.3 is 7.60 Å². The summed E-state index contributed by atoms with van der Waals surface area (Å²) in [6.07, 6.45) is 0.892. The van der Waals surface area contributed by atoms with E-state index >= 15 is 0 Å². The van der Waals surface area contributed by atoms with E-state index in [2.05, 4.69) is 5.32 Å². The van der Waals surface area contributed by atoms with E-state index in [1.54, 1.807) is 13.8 Å². The summed E-state index contributed by atoms with van der Waals surface area (Å²) in [6.45, 7) is 5.99. The van der Waals surface area contributed by atoms with E-state index in [1.807, 2.05) is 6.92 Å². The van der Waals surface area contributed by atoms with E-state index in [0.29, 0.717) is 19.4 Å². The van der Waals surface area contributed by atoms with Gasteiger partial charge in [0.2, 0.25) is 0 Å². The van der Waals surface area contributed by atoms with E-state index in [-0.39, 0.29) is 0 Å². The van der Waals surface area contributed by atoms with Gasteiger partial charge in [-0.2, -0.15) is 0 Å². The third-order valence-electron chi connectivity index (χ3n) is 2.23. The molecule has 3 N–H and O–H groups in total. The van der Waals surface area contributed by atoms with E-state index in [4.69, 9.17) is 9.79 Å². The number of hydrogen-bond acceptors (Lipinski definition) is 2. The molecule has 5 heteroatoms. The molecular formula is C7H18NO3P. The first-order valence-corrected chi connectivity index (χ1v) is 5.85. The van der Waals surface area contributed by atoms with Crippen LogP contribution in [0.15, 0.2) is 0 Å². The number of hydrogen-bond donors (Lipinski definition) is 3. The van der Waals surface area contributed by atoms with E-state index < -0.39 is 12.9 Å². The van der Waals surface area contributed by atoms with Crippen LogP contribution in [-0.4, -0.2) is 21.6 Å². The molecule has 0 heterocycles. The second-order valence-corrected chi connectivity index (χ2v) is 4.76. The summed E-state index contributed by atoms with van der Waals surface area (Å²) < 4.78 is 11.1. The molecule has 0 aliphatic rings. The highest BCUT2D eigenvalue weighted by atomic mass is 31.2. The normalized spacial score (nSPS) is 13.4. The molecule has 0 rings (SSSR count).